The van der Waals surface area contributed by atoms with Crippen molar-refractivity contribution in [3.63, 3.8) is 0 Å². The molecule has 0 unspecified atom stereocenters. The molecule has 3 amide bonds. The number of carbonyl (C=O) groups excluding carboxylic acids is 3. The van der Waals surface area contributed by atoms with Gasteiger partial charge in [-0.05, 0) is 39.8 Å². The molecule has 1 aromatic rings. The van der Waals surface area contributed by atoms with Crippen molar-refractivity contribution in [2.24, 2.45) is 0 Å². The third-order valence-electron chi connectivity index (χ3n) is 2.51. The standard InChI is InChI=1S/C15H21ClN4O4/c1-9(19-14(23)24-15(2,3)4)7-18-12(21)13(22)20-11-6-5-10(16)8-17-11/h5-6,8-9H,7H2,1-4H3,(H,18,21)(H,19,23)(H,17,20,22)/t9-/m1/s1. The van der Waals surface area contributed by atoms with Gasteiger partial charge in [-0.2, -0.15) is 0 Å². The third kappa shape index (κ3) is 7.77. The van der Waals surface area contributed by atoms with E-state index in [1.807, 2.05) is 0 Å². The first-order valence-electron chi connectivity index (χ1n) is 7.27. The van der Waals surface area contributed by atoms with Crippen LogP contribution in [0.1, 0.15) is 27.7 Å². The van der Waals surface area contributed by atoms with E-state index in [2.05, 4.69) is 20.9 Å². The largest absolute Gasteiger partial charge is 0.444 e. The van der Waals surface area contributed by atoms with Gasteiger partial charge in [0.2, 0.25) is 0 Å². The molecule has 0 aromatic carbocycles. The molecule has 24 heavy (non-hydrogen) atoms. The van der Waals surface area contributed by atoms with Crippen LogP contribution >= 0.6 is 11.6 Å². The van der Waals surface area contributed by atoms with Crippen molar-refractivity contribution in [1.29, 1.82) is 0 Å². The van der Waals surface area contributed by atoms with Gasteiger partial charge in [0, 0.05) is 18.8 Å². The summed E-state index contributed by atoms with van der Waals surface area (Å²) in [5, 5.41) is 7.71. The number of carbonyl (C=O) groups is 3. The van der Waals surface area contributed by atoms with Gasteiger partial charge >= 0.3 is 17.9 Å². The Morgan fingerprint density at radius 3 is 2.46 bits per heavy atom. The number of anilines is 1. The second-order valence-electron chi connectivity index (χ2n) is 6.07. The van der Waals surface area contributed by atoms with Gasteiger partial charge in [0.1, 0.15) is 11.4 Å². The summed E-state index contributed by atoms with van der Waals surface area (Å²) in [6.45, 7) is 6.97. The maximum absolute atomic E-state index is 11.7. The van der Waals surface area contributed by atoms with Gasteiger partial charge in [-0.1, -0.05) is 11.6 Å². The van der Waals surface area contributed by atoms with Gasteiger partial charge in [-0.25, -0.2) is 9.78 Å². The predicted molar refractivity (Wildman–Crippen MR) is 89.7 cm³/mol. The van der Waals surface area contributed by atoms with E-state index in [4.69, 9.17) is 16.3 Å². The molecule has 0 spiro atoms. The van der Waals surface area contributed by atoms with Crippen LogP contribution in [0.4, 0.5) is 10.6 Å². The molecule has 0 aliphatic heterocycles. The lowest BCUT2D eigenvalue weighted by molar-refractivity contribution is -0.136. The quantitative estimate of drug-likeness (QED) is 0.711. The Kier molecular flexibility index (Phi) is 6.97. The third-order valence-corrected chi connectivity index (χ3v) is 2.73. The minimum atomic E-state index is -0.866. The summed E-state index contributed by atoms with van der Waals surface area (Å²) >= 11 is 5.68. The molecule has 0 radical (unpaired) electrons. The fraction of sp³-hybridized carbons (Fsp3) is 0.467. The average Bonchev–Trinajstić information content (AvgIpc) is 2.45. The maximum atomic E-state index is 11.7. The number of nitrogens with one attached hydrogen (secondary N) is 3. The zero-order valence-electron chi connectivity index (χ0n) is 14.0. The number of aromatic nitrogens is 1. The zero-order chi connectivity index (χ0) is 18.3. The lowest BCUT2D eigenvalue weighted by Gasteiger charge is -2.22. The second kappa shape index (κ2) is 8.49. The van der Waals surface area contributed by atoms with Crippen molar-refractivity contribution in [2.75, 3.05) is 11.9 Å². The summed E-state index contributed by atoms with van der Waals surface area (Å²) in [6, 6.07) is 2.60. The van der Waals surface area contributed by atoms with E-state index in [-0.39, 0.29) is 12.4 Å². The van der Waals surface area contributed by atoms with E-state index in [1.54, 1.807) is 27.7 Å². The SMILES string of the molecule is C[C@H](CNC(=O)C(=O)Nc1ccc(Cl)cn1)NC(=O)OC(C)(C)C. The summed E-state index contributed by atoms with van der Waals surface area (Å²) in [5.74, 6) is -1.50. The molecule has 1 atom stereocenters. The summed E-state index contributed by atoms with van der Waals surface area (Å²) in [7, 11) is 0. The van der Waals surface area contributed by atoms with E-state index >= 15 is 0 Å². The van der Waals surface area contributed by atoms with Crippen LogP contribution in [0.5, 0.6) is 0 Å². The minimum Gasteiger partial charge on any atom is -0.444 e. The highest BCUT2D eigenvalue weighted by Crippen LogP contribution is 2.09. The highest BCUT2D eigenvalue weighted by atomic mass is 35.5. The van der Waals surface area contributed by atoms with Crippen LogP contribution in [0.15, 0.2) is 18.3 Å². The van der Waals surface area contributed by atoms with Crippen LogP contribution < -0.4 is 16.0 Å². The molecule has 0 saturated heterocycles. The molecule has 0 bridgehead atoms. The average molecular weight is 357 g/mol. The Hall–Kier alpha value is -2.35. The van der Waals surface area contributed by atoms with Crippen LogP contribution in [-0.4, -0.2) is 41.1 Å². The highest BCUT2D eigenvalue weighted by Gasteiger charge is 2.19. The van der Waals surface area contributed by atoms with Crippen LogP contribution in [0.25, 0.3) is 0 Å². The number of halogens is 1. The van der Waals surface area contributed by atoms with Crippen molar-refractivity contribution in [3.05, 3.63) is 23.4 Å². The van der Waals surface area contributed by atoms with E-state index in [9.17, 15) is 14.4 Å². The summed E-state index contributed by atoms with van der Waals surface area (Å²) in [6.07, 6.45) is 0.751. The summed E-state index contributed by atoms with van der Waals surface area (Å²) < 4.78 is 5.09. The smallest absolute Gasteiger partial charge is 0.407 e. The number of hydrogen-bond acceptors (Lipinski definition) is 5. The summed E-state index contributed by atoms with van der Waals surface area (Å²) in [4.78, 5) is 38.8. The Labute approximate surface area is 145 Å². The summed E-state index contributed by atoms with van der Waals surface area (Å²) in [5.41, 5.74) is -0.613. The molecule has 0 saturated carbocycles. The monoisotopic (exact) mass is 356 g/mol. The van der Waals surface area contributed by atoms with Crippen molar-refractivity contribution < 1.29 is 19.1 Å². The van der Waals surface area contributed by atoms with Gasteiger partial charge in [0.05, 0.1) is 5.02 Å². The van der Waals surface area contributed by atoms with E-state index in [1.165, 1.54) is 18.3 Å². The van der Waals surface area contributed by atoms with Gasteiger partial charge in [0.15, 0.2) is 0 Å². The first kappa shape index (κ1) is 19.7. The molecular formula is C15H21ClN4O4. The molecule has 3 N–H and O–H groups in total. The molecule has 1 aromatic heterocycles. The first-order valence-corrected chi connectivity index (χ1v) is 7.65. The van der Waals surface area contributed by atoms with Gasteiger partial charge < -0.3 is 20.7 Å². The highest BCUT2D eigenvalue weighted by molar-refractivity contribution is 6.39. The number of alkyl carbamates (subject to hydrolysis) is 1. The molecule has 0 fully saturated rings. The predicted octanol–water partition coefficient (Wildman–Crippen LogP) is 1.70. The molecule has 9 heteroatoms. The van der Waals surface area contributed by atoms with Crippen LogP contribution in [-0.2, 0) is 14.3 Å². The Bertz CT molecular complexity index is 598. The first-order chi connectivity index (χ1) is 11.1. The Morgan fingerprint density at radius 2 is 1.92 bits per heavy atom. The van der Waals surface area contributed by atoms with Crippen molar-refractivity contribution in [2.45, 2.75) is 39.3 Å². The van der Waals surface area contributed by atoms with Gasteiger partial charge in [-0.15, -0.1) is 0 Å². The molecule has 1 rings (SSSR count). The molecule has 0 aliphatic carbocycles. The zero-order valence-corrected chi connectivity index (χ0v) is 14.7. The molecular weight excluding hydrogens is 336 g/mol. The minimum absolute atomic E-state index is 0.0690. The Balaban J connectivity index is 2.37. The van der Waals surface area contributed by atoms with Gasteiger partial charge in [-0.3, -0.25) is 9.59 Å². The lowest BCUT2D eigenvalue weighted by atomic mass is 10.2. The van der Waals surface area contributed by atoms with Crippen molar-refractivity contribution >= 4 is 35.3 Å². The molecule has 1 heterocycles. The van der Waals surface area contributed by atoms with Gasteiger partial charge in [0.25, 0.3) is 0 Å². The Morgan fingerprint density at radius 1 is 1.25 bits per heavy atom. The number of amides is 3. The van der Waals surface area contributed by atoms with Crippen molar-refractivity contribution in [1.82, 2.24) is 15.6 Å². The number of pyridine rings is 1. The number of nitrogens with zero attached hydrogens (tertiary/aromatic N) is 1. The topological polar surface area (TPSA) is 109 Å². The van der Waals surface area contributed by atoms with Crippen LogP contribution in [0, 0.1) is 0 Å². The number of rotatable bonds is 4. The van der Waals surface area contributed by atoms with Crippen LogP contribution in [0.2, 0.25) is 5.02 Å². The van der Waals surface area contributed by atoms with Crippen LogP contribution in [0.3, 0.4) is 0 Å². The number of hydrogen-bond donors (Lipinski definition) is 3. The molecule has 0 aliphatic rings. The normalized spacial score (nSPS) is 12.0. The van der Waals surface area contributed by atoms with E-state index in [0.717, 1.165) is 0 Å². The van der Waals surface area contributed by atoms with E-state index in [0.29, 0.717) is 5.02 Å². The molecule has 132 valence electrons. The van der Waals surface area contributed by atoms with E-state index < -0.39 is 29.6 Å². The maximum Gasteiger partial charge on any atom is 0.407 e. The molecule has 8 nitrogen and oxygen atoms in total. The lowest BCUT2D eigenvalue weighted by Crippen LogP contribution is -2.46. The number of ether oxygens (including phenoxy) is 1. The fourth-order valence-corrected chi connectivity index (χ4v) is 1.62. The second-order valence-corrected chi connectivity index (χ2v) is 6.51. The fourth-order valence-electron chi connectivity index (χ4n) is 1.51. The van der Waals surface area contributed by atoms with Crippen molar-refractivity contribution in [3.8, 4) is 0 Å².